The largest absolute Gasteiger partial charge is 1.00 e. The summed E-state index contributed by atoms with van der Waals surface area (Å²) in [6, 6.07) is 91.8. The van der Waals surface area contributed by atoms with E-state index in [4.69, 9.17) is 73.3 Å². The van der Waals surface area contributed by atoms with E-state index in [0.717, 1.165) is 204 Å². The Morgan fingerprint density at radius 2 is 0.757 bits per heavy atom. The van der Waals surface area contributed by atoms with Gasteiger partial charge in [-0.3, -0.25) is 4.79 Å². The van der Waals surface area contributed by atoms with Gasteiger partial charge in [0, 0.05) is 197 Å². The van der Waals surface area contributed by atoms with Crippen LogP contribution in [0.3, 0.4) is 0 Å². The number of nitrogens with zero attached hydrogens (tertiary/aromatic N) is 8. The third-order valence-electron chi connectivity index (χ3n) is 25.1. The molecule has 0 bridgehead atoms. The zero-order valence-corrected chi connectivity index (χ0v) is 92.5. The fourth-order valence-electron chi connectivity index (χ4n) is 17.8. The number of esters is 2. The third kappa shape index (κ3) is 31.1. The van der Waals surface area contributed by atoms with Crippen molar-refractivity contribution in [1.29, 1.82) is 0 Å². The molecule has 8 heterocycles. The molecule has 4 saturated heterocycles. The maximum atomic E-state index is 13.6. The van der Waals surface area contributed by atoms with Crippen molar-refractivity contribution in [1.82, 2.24) is 19.9 Å². The number of aliphatic hydroxyl groups is 1. The smallest absolute Gasteiger partial charge is 1.00 e. The molecule has 4 aromatic heterocycles. The Labute approximate surface area is 925 Å². The molecular weight excluding hydrogens is 2080 g/mol. The Bertz CT molecular complexity index is 6660. The number of carbonyl (C=O) groups excluding carboxylic acids is 5. The molecule has 4 aliphatic rings. The maximum absolute atomic E-state index is 13.6. The number of anilines is 4. The van der Waals surface area contributed by atoms with E-state index in [-0.39, 0.29) is 87.9 Å². The molecule has 18 rings (SSSR count). The monoisotopic (exact) mass is 2200 g/mol. The van der Waals surface area contributed by atoms with Gasteiger partial charge in [0.15, 0.2) is 6.29 Å². The third-order valence-corrected chi connectivity index (χ3v) is 32.9. The van der Waals surface area contributed by atoms with Crippen LogP contribution in [0.2, 0.25) is 15.1 Å². The van der Waals surface area contributed by atoms with Crippen LogP contribution in [0.25, 0.3) is 34.4 Å². The van der Waals surface area contributed by atoms with Crippen molar-refractivity contribution in [3.63, 3.8) is 0 Å². The van der Waals surface area contributed by atoms with Gasteiger partial charge in [0.25, 0.3) is 0 Å². The second-order valence-corrected chi connectivity index (χ2v) is 43.0. The topological polar surface area (TPSA) is 266 Å². The Morgan fingerprint density at radius 1 is 0.426 bits per heavy atom. The van der Waals surface area contributed by atoms with Crippen LogP contribution in [0.4, 0.5) is 22.7 Å². The van der Waals surface area contributed by atoms with Crippen molar-refractivity contribution in [3.05, 3.63) is 391 Å². The first-order chi connectivity index (χ1) is 70.8. The molecule has 0 spiro atoms. The van der Waals surface area contributed by atoms with E-state index in [1.54, 1.807) is 50.4 Å². The van der Waals surface area contributed by atoms with Gasteiger partial charge in [-0.25, -0.2) is 29.5 Å². The number of aliphatic hydroxyl groups excluding tert-OH is 1. The van der Waals surface area contributed by atoms with Gasteiger partial charge in [-0.15, -0.1) is 0 Å². The van der Waals surface area contributed by atoms with E-state index in [2.05, 4.69) is 114 Å². The fourth-order valence-corrected chi connectivity index (χ4v) is 24.5. The normalized spacial score (nSPS) is 15.1. The average molecular weight is 2200 g/mol. The Balaban J connectivity index is 0.000000186. The number of aryl methyl sites for hydroxylation is 4. The summed E-state index contributed by atoms with van der Waals surface area (Å²) in [5, 5.41) is 31.1. The first-order valence-corrected chi connectivity index (χ1v) is 53.6. The van der Waals surface area contributed by atoms with Gasteiger partial charge in [-0.1, -0.05) is 158 Å². The Kier molecular flexibility index (Phi) is 45.2. The van der Waals surface area contributed by atoms with E-state index in [1.165, 1.54) is 12.2 Å². The van der Waals surface area contributed by atoms with Crippen molar-refractivity contribution in [2.24, 2.45) is 0 Å². The molecule has 0 aliphatic carbocycles. The van der Waals surface area contributed by atoms with Crippen molar-refractivity contribution >= 4 is 175 Å². The predicted octanol–water partition coefficient (Wildman–Crippen LogP) is 19.3. The number of pyridine rings is 4. The van der Waals surface area contributed by atoms with E-state index in [0.29, 0.717) is 70.6 Å². The van der Waals surface area contributed by atoms with Crippen LogP contribution >= 0.6 is 73.3 Å². The molecule has 759 valence electrons. The number of rotatable bonds is 30. The quantitative estimate of drug-likeness (QED) is 0.0124. The SMILES string of the molecule is CCC(=O)P(C=O)(c1ccccc1)(c1ccccc1)c1ccccc1.CCOC(=O)/C=C/c1cc(-c2ccccc2Cl)ccc1N1CC[C@H](Oc2ccc(C)cn2)C1.CCOC(=O)/C=C/c1cc(Br)ccc1N1CC[C@H](Oc2ccc(C)cn2)C1.Cc1ccc(O[C@H]2CCN(c3ccc(-c4ccccc4Cl)cc3CCO)C2)nc1.Cc1ccc(O[C@H]2CCN(c3ccc(Br)cc3C=O)C2)nc1.OB(O)c1ccccc1Cl.[B].[H-].[Na+]. The molecule has 0 unspecified atom stereocenters. The number of carbonyl (C=O) groups is 5. The van der Waals surface area contributed by atoms with Crippen LogP contribution in [0.15, 0.2) is 331 Å². The van der Waals surface area contributed by atoms with Gasteiger partial charge in [0.05, 0.1) is 39.4 Å². The van der Waals surface area contributed by atoms with E-state index in [1.807, 2.05) is 278 Å². The first kappa shape index (κ1) is 116. The van der Waals surface area contributed by atoms with E-state index >= 15 is 0 Å². The number of ether oxygens (including phenoxy) is 6. The van der Waals surface area contributed by atoms with Gasteiger partial charge in [-0.2, -0.15) is 0 Å². The van der Waals surface area contributed by atoms with Crippen LogP contribution in [0.1, 0.15) is 104 Å². The number of hydrogen-bond donors (Lipinski definition) is 3. The summed E-state index contributed by atoms with van der Waals surface area (Å²) in [6.07, 6.45) is 19.6. The zero-order chi connectivity index (χ0) is 104. The van der Waals surface area contributed by atoms with Crippen molar-refractivity contribution in [2.75, 3.05) is 91.8 Å². The number of aldehydes is 1. The molecule has 31 heteroatoms. The second-order valence-electron chi connectivity index (χ2n) is 35.3. The molecule has 3 N–H and O–H groups in total. The van der Waals surface area contributed by atoms with Crippen LogP contribution in [-0.2, 0) is 35.1 Å². The predicted molar refractivity (Wildman–Crippen MR) is 606 cm³/mol. The molecule has 148 heavy (non-hydrogen) atoms. The number of aromatic nitrogens is 4. The molecule has 22 nitrogen and oxygen atoms in total. The van der Waals surface area contributed by atoms with Crippen LogP contribution < -0.4 is 89.5 Å². The van der Waals surface area contributed by atoms with Gasteiger partial charge in [0.1, 0.15) is 24.4 Å². The molecule has 4 atom stereocenters. The Morgan fingerprint density at radius 3 is 1.09 bits per heavy atom. The van der Waals surface area contributed by atoms with Gasteiger partial charge in [-0.05, 0) is 189 Å². The summed E-state index contributed by atoms with van der Waals surface area (Å²) in [6.45, 7) is 17.0. The molecule has 10 aromatic carbocycles. The zero-order valence-electron chi connectivity index (χ0n) is 85.1. The Hall–Kier alpha value is -12.1. The van der Waals surface area contributed by atoms with E-state index in [9.17, 15) is 29.1 Å². The van der Waals surface area contributed by atoms with Gasteiger partial charge >= 0.3 is 197 Å². The van der Waals surface area contributed by atoms with Crippen LogP contribution in [0, 0.1) is 27.7 Å². The van der Waals surface area contributed by atoms with Gasteiger partial charge in [0.2, 0.25) is 23.5 Å². The second kappa shape index (κ2) is 57.6. The fraction of sp³-hybridized carbons (Fsp3) is 0.239. The minimum absolute atomic E-state index is 0. The number of hydrogen-bond acceptors (Lipinski definition) is 22. The minimum atomic E-state index is -3.88. The summed E-state index contributed by atoms with van der Waals surface area (Å²) < 4.78 is 36.0. The van der Waals surface area contributed by atoms with Crippen LogP contribution in [-0.4, -0.2) is 177 Å². The first-order valence-electron chi connectivity index (χ1n) is 48.6. The summed E-state index contributed by atoms with van der Waals surface area (Å²) in [5.41, 5.74) is 16.7. The minimum Gasteiger partial charge on any atom is -1.00 e. The summed E-state index contributed by atoms with van der Waals surface area (Å²) in [7, 11) is -1.48. The van der Waals surface area contributed by atoms with E-state index < -0.39 is 13.7 Å². The molecule has 0 amide bonds. The number of benzene rings is 10. The molecule has 4 aliphatic heterocycles. The van der Waals surface area contributed by atoms with Crippen molar-refractivity contribution in [3.8, 4) is 45.8 Å². The summed E-state index contributed by atoms with van der Waals surface area (Å²) in [5.74, 6) is 1.93. The summed E-state index contributed by atoms with van der Waals surface area (Å²) >= 11 is 25.3. The van der Waals surface area contributed by atoms with Crippen LogP contribution in [0.5, 0.6) is 23.5 Å². The molecular formula is C117H120B2Br2Cl3N8NaO14P. The molecule has 14 aromatic rings. The molecule has 3 radical (unpaired) electrons. The summed E-state index contributed by atoms with van der Waals surface area (Å²) in [4.78, 5) is 87.9. The molecule has 4 fully saturated rings. The molecule has 0 saturated carbocycles. The maximum Gasteiger partial charge on any atom is 1.00 e. The number of halogens is 5. The average Bonchev–Trinajstić information content (AvgIpc) is 1.51. The van der Waals surface area contributed by atoms with Crippen molar-refractivity contribution < 1.29 is 98.5 Å². The van der Waals surface area contributed by atoms with Gasteiger partial charge < -0.3 is 64.6 Å². The standard InChI is InChI=1S/C27H27ClN2O3.C24H25ClN2O2.C22H21O2P.C21H23BrN2O3.C17H17BrN2O2.C6H6BClO2.B.Na.H/c1-3-32-27(31)13-10-21-16-20(23-6-4-5-7-24(23)28)9-11-25(21)30-15-14-22(18-30)33-26-12-8-19(2)17-29-26;1-17-6-9-24(26-15-17)29-20-10-12-27(16-20)23-8-7-18(14-19(23)11-13-28)21-4-2-3-5-22(21)25;1-2-22(24)25(18-23,19-12-6-3-7-13-19,20-14-8-4-9-15-20)21-16-10-5-11-17-21;1-3-26-21(25)9-5-16-12-17(22)6-7-19(16)24-11-10-18(14-24)27-20-8-4-15(2)13-23-20;1-12-2-5-17(19-9-12)22-15-6-7-20(10-15)16-4-3-14(18)8-13(16)11-21;8-6-4-2-1-3-5(6)7(9)10;;;/h4-13,16-17,22H,3,14-15,18H2,1-2H3;2-9,14-15,20,28H,10-13,16H2,1H3;3-18H,2H2,1H3;4-9,12-13,18H,3,10-11,14H2,1-2H3;2-5,8-9,11,15H,6-7,10H2,1H3;1-4,9-10H;;;/q;;;;;;;+1;-1/b13-10+;;;9-5+;;;;;/t22-;20-;;18-;15-;;;;/m00.00..../s1. The van der Waals surface area contributed by atoms with Crippen molar-refractivity contribution in [2.45, 2.75) is 111 Å².